The number of carbonyl (C=O) groups is 2. The number of carbonyl (C=O) groups excluding carboxylic acids is 2. The summed E-state index contributed by atoms with van der Waals surface area (Å²) in [4.78, 5) is 23.9. The normalized spacial score (nSPS) is 16.7. The third-order valence-electron chi connectivity index (χ3n) is 9.03. The first-order valence-electron chi connectivity index (χ1n) is 20.2. The summed E-state index contributed by atoms with van der Waals surface area (Å²) in [5.74, 6) is -0.630. The summed E-state index contributed by atoms with van der Waals surface area (Å²) in [5.41, 5.74) is 0. The second-order valence-electron chi connectivity index (χ2n) is 13.8. The van der Waals surface area contributed by atoms with E-state index in [1.165, 1.54) is 109 Å². The van der Waals surface area contributed by atoms with Crippen molar-refractivity contribution in [2.75, 3.05) is 13.2 Å². The lowest BCUT2D eigenvalue weighted by Crippen LogP contribution is -2.25. The Morgan fingerprint density at radius 2 is 0.938 bits per heavy atom. The zero-order valence-corrected chi connectivity index (χ0v) is 31.2. The lowest BCUT2D eigenvalue weighted by molar-refractivity contribution is -0.152. The molecule has 0 amide bonds. The molecule has 3 atom stereocenters. The van der Waals surface area contributed by atoms with Gasteiger partial charge < -0.3 is 19.3 Å². The van der Waals surface area contributed by atoms with Crippen molar-refractivity contribution in [1.29, 1.82) is 0 Å². The maximum absolute atomic E-state index is 12.0. The molecule has 48 heavy (non-hydrogen) atoms. The average molecular weight is 675 g/mol. The Balaban J connectivity index is 1.85. The van der Waals surface area contributed by atoms with Gasteiger partial charge in [-0.1, -0.05) is 159 Å². The maximum Gasteiger partial charge on any atom is 0.305 e. The van der Waals surface area contributed by atoms with Crippen LogP contribution in [0.5, 0.6) is 0 Å². The van der Waals surface area contributed by atoms with Gasteiger partial charge in [-0.05, 0) is 51.4 Å². The van der Waals surface area contributed by atoms with Crippen molar-refractivity contribution in [2.45, 2.75) is 206 Å². The van der Waals surface area contributed by atoms with Gasteiger partial charge in [-0.15, -0.1) is 0 Å². The van der Waals surface area contributed by atoms with E-state index in [2.05, 4.69) is 50.3 Å². The molecule has 2 unspecified atom stereocenters. The summed E-state index contributed by atoms with van der Waals surface area (Å²) in [6.07, 6.45) is 43.8. The van der Waals surface area contributed by atoms with Gasteiger partial charge in [-0.3, -0.25) is 9.59 Å². The fraction of sp³-hybridized carbons (Fsp3) is 0.810. The minimum Gasteiger partial charge on any atom is -0.463 e. The minimum atomic E-state index is -0.987. The van der Waals surface area contributed by atoms with Gasteiger partial charge in [0.1, 0.15) is 19.3 Å². The number of unbranched alkanes of at least 4 members (excludes halogenated alkanes) is 19. The first-order valence-corrected chi connectivity index (χ1v) is 20.2. The minimum absolute atomic E-state index is 0.134. The number of allylic oxidation sites excluding steroid dienone is 4. The highest BCUT2D eigenvalue weighted by molar-refractivity contribution is 5.69. The molecule has 0 saturated carbocycles. The van der Waals surface area contributed by atoms with E-state index in [0.29, 0.717) is 31.5 Å². The third-order valence-corrected chi connectivity index (χ3v) is 9.03. The molecule has 0 aromatic carbocycles. The van der Waals surface area contributed by atoms with Crippen LogP contribution < -0.4 is 0 Å². The highest BCUT2D eigenvalue weighted by Gasteiger charge is 2.35. The molecule has 1 aliphatic rings. The van der Waals surface area contributed by atoms with Gasteiger partial charge in [-0.2, -0.15) is 0 Å². The van der Waals surface area contributed by atoms with Crippen LogP contribution in [0.25, 0.3) is 0 Å². The predicted molar refractivity (Wildman–Crippen MR) is 200 cm³/mol. The second kappa shape index (κ2) is 33.6. The van der Waals surface area contributed by atoms with Gasteiger partial charge in [0.15, 0.2) is 0 Å². The molecule has 0 aromatic rings. The van der Waals surface area contributed by atoms with Crippen LogP contribution in [0.3, 0.4) is 0 Å². The van der Waals surface area contributed by atoms with Crippen LogP contribution in [0.15, 0.2) is 36.5 Å². The number of esters is 2. The number of aliphatic hydroxyl groups is 1. The molecule has 0 aromatic heterocycles. The van der Waals surface area contributed by atoms with E-state index in [-0.39, 0.29) is 25.2 Å². The van der Waals surface area contributed by atoms with E-state index in [4.69, 9.17) is 14.2 Å². The number of ether oxygens (including phenoxy) is 3. The topological polar surface area (TPSA) is 85.4 Å². The molecule has 0 bridgehead atoms. The quantitative estimate of drug-likeness (QED) is 0.0312. The van der Waals surface area contributed by atoms with Crippen molar-refractivity contribution in [2.24, 2.45) is 0 Å². The maximum atomic E-state index is 12.0. The molecule has 1 rings (SSSR count). The average Bonchev–Trinajstić information content (AvgIpc) is 3.84. The van der Waals surface area contributed by atoms with Crippen molar-refractivity contribution in [1.82, 2.24) is 0 Å². The smallest absolute Gasteiger partial charge is 0.305 e. The highest BCUT2D eigenvalue weighted by atomic mass is 16.6. The van der Waals surface area contributed by atoms with Crippen LogP contribution in [0.2, 0.25) is 0 Å². The van der Waals surface area contributed by atoms with Crippen LogP contribution in [0.4, 0.5) is 0 Å². The molecular formula is C42H74O6. The van der Waals surface area contributed by atoms with Crippen LogP contribution in [-0.2, 0) is 23.8 Å². The third kappa shape index (κ3) is 30.2. The number of epoxide rings is 1. The Kier molecular flexibility index (Phi) is 30.8. The molecule has 0 spiro atoms. The van der Waals surface area contributed by atoms with Crippen molar-refractivity contribution in [3.8, 4) is 0 Å². The van der Waals surface area contributed by atoms with Crippen molar-refractivity contribution in [3.05, 3.63) is 36.5 Å². The summed E-state index contributed by atoms with van der Waals surface area (Å²) in [7, 11) is 0. The second-order valence-corrected chi connectivity index (χ2v) is 13.8. The molecule has 1 fully saturated rings. The standard InChI is InChI=1S/C42H74O6/c1-3-5-7-9-11-12-13-14-15-16-17-18-19-22-26-30-34-41(44)46-36-38(43)37-47-42(45)35-31-27-23-20-21-25-29-33-40-39(48-40)32-28-24-10-8-6-4-2/h20,23-25,28-29,38-40,43H,3-19,21-22,26-27,30-37H2,1-2H3/b23-20-,28-24-,29-25-/t38-,39?,40?/m0/s1. The van der Waals surface area contributed by atoms with Crippen LogP contribution in [0.1, 0.15) is 187 Å². The van der Waals surface area contributed by atoms with Crippen molar-refractivity contribution >= 4 is 11.9 Å². The Hall–Kier alpha value is -1.92. The van der Waals surface area contributed by atoms with Gasteiger partial charge >= 0.3 is 11.9 Å². The molecule has 0 aliphatic carbocycles. The molecular weight excluding hydrogens is 600 g/mol. The molecule has 6 heteroatoms. The number of hydrogen-bond acceptors (Lipinski definition) is 6. The number of hydrogen-bond donors (Lipinski definition) is 1. The predicted octanol–water partition coefficient (Wildman–Crippen LogP) is 11.4. The summed E-state index contributed by atoms with van der Waals surface area (Å²) < 4.78 is 16.0. The SMILES string of the molecule is CCCCC/C=C\CC1OC1C/C=C\C/C=C\CCCC(=O)OC[C@@H](O)COC(=O)CCCCCCCCCCCCCCCCCC. The Morgan fingerprint density at radius 3 is 1.48 bits per heavy atom. The lowest BCUT2D eigenvalue weighted by atomic mass is 10.0. The van der Waals surface area contributed by atoms with Gasteiger partial charge in [0.25, 0.3) is 0 Å². The fourth-order valence-corrected chi connectivity index (χ4v) is 5.83. The Labute approximate surface area is 295 Å². The summed E-state index contributed by atoms with van der Waals surface area (Å²) in [5, 5.41) is 10.0. The number of aliphatic hydroxyl groups excluding tert-OH is 1. The molecule has 278 valence electrons. The van der Waals surface area contributed by atoms with E-state index in [1.54, 1.807) is 0 Å². The summed E-state index contributed by atoms with van der Waals surface area (Å²) >= 11 is 0. The van der Waals surface area contributed by atoms with E-state index in [1.807, 2.05) is 0 Å². The van der Waals surface area contributed by atoms with E-state index < -0.39 is 6.10 Å². The van der Waals surface area contributed by atoms with Crippen LogP contribution in [0, 0.1) is 0 Å². The highest BCUT2D eigenvalue weighted by Crippen LogP contribution is 2.29. The molecule has 6 nitrogen and oxygen atoms in total. The molecule has 1 N–H and O–H groups in total. The zero-order chi connectivity index (χ0) is 34.8. The molecule has 1 saturated heterocycles. The number of rotatable bonds is 35. The molecule has 0 radical (unpaired) electrons. The Morgan fingerprint density at radius 1 is 0.542 bits per heavy atom. The molecule has 1 aliphatic heterocycles. The summed E-state index contributed by atoms with van der Waals surface area (Å²) in [6, 6.07) is 0. The van der Waals surface area contributed by atoms with E-state index in [0.717, 1.165) is 44.9 Å². The van der Waals surface area contributed by atoms with Crippen LogP contribution in [-0.4, -0.2) is 48.6 Å². The zero-order valence-electron chi connectivity index (χ0n) is 31.2. The van der Waals surface area contributed by atoms with Crippen molar-refractivity contribution < 1.29 is 28.9 Å². The monoisotopic (exact) mass is 675 g/mol. The lowest BCUT2D eigenvalue weighted by Gasteiger charge is -2.12. The van der Waals surface area contributed by atoms with Crippen LogP contribution >= 0.6 is 0 Å². The van der Waals surface area contributed by atoms with Crippen molar-refractivity contribution in [3.63, 3.8) is 0 Å². The van der Waals surface area contributed by atoms with Gasteiger partial charge in [0, 0.05) is 12.8 Å². The van der Waals surface area contributed by atoms with Gasteiger partial charge in [0.2, 0.25) is 0 Å². The first kappa shape index (κ1) is 44.1. The summed E-state index contributed by atoms with van der Waals surface area (Å²) in [6.45, 7) is 4.22. The largest absolute Gasteiger partial charge is 0.463 e. The Bertz CT molecular complexity index is 834. The first-order chi connectivity index (χ1) is 23.6. The van der Waals surface area contributed by atoms with Gasteiger partial charge in [0.05, 0.1) is 12.2 Å². The van der Waals surface area contributed by atoms with E-state index >= 15 is 0 Å². The van der Waals surface area contributed by atoms with E-state index in [9.17, 15) is 14.7 Å². The molecule has 1 heterocycles. The van der Waals surface area contributed by atoms with Gasteiger partial charge in [-0.25, -0.2) is 0 Å². The fourth-order valence-electron chi connectivity index (χ4n) is 5.83.